The maximum absolute atomic E-state index is 13.6. The van der Waals surface area contributed by atoms with Crippen molar-refractivity contribution in [3.05, 3.63) is 88.7 Å². The van der Waals surface area contributed by atoms with E-state index in [1.165, 1.54) is 22.3 Å². The van der Waals surface area contributed by atoms with Crippen LogP contribution >= 0.6 is 0 Å². The molecule has 1 aliphatic carbocycles. The largest absolute Gasteiger partial charge is 0.449 e. The molecule has 0 saturated carbocycles. The number of alkyl carbamates (subject to hydrolysis) is 1. The molecule has 0 unspecified atom stereocenters. The number of nitrogens with one attached hydrogen (secondary N) is 1. The lowest BCUT2D eigenvalue weighted by Crippen LogP contribution is -2.29. The standard InChI is InChI=1S/C50H68F5NO17/c51-44-45(52)47(54)49(48(55)46(44)53)73-43(57)9-11-59-13-15-61-17-19-63-21-23-65-25-27-67-29-31-69-33-35-71-36-34-70-32-30-68-28-26-66-24-22-64-20-18-62-16-14-60-12-10-56-50(58)72-37-42-40-7-3-1-5-38(40)39-6-2-4-8-41(39)42/h1-8,42H,9-37H2,(H,56,58). The Morgan fingerprint density at radius 3 is 1.01 bits per heavy atom. The van der Waals surface area contributed by atoms with Crippen LogP contribution in [0, 0.1) is 29.1 Å². The van der Waals surface area contributed by atoms with Gasteiger partial charge in [-0.2, -0.15) is 8.78 Å². The fourth-order valence-electron chi connectivity index (χ4n) is 6.61. The molecule has 23 heteroatoms. The molecular weight excluding hydrogens is 982 g/mol. The van der Waals surface area contributed by atoms with E-state index >= 15 is 0 Å². The van der Waals surface area contributed by atoms with Crippen molar-refractivity contribution in [2.24, 2.45) is 0 Å². The minimum atomic E-state index is -2.35. The minimum absolute atomic E-state index is 0.0183. The molecule has 18 nitrogen and oxygen atoms in total. The van der Waals surface area contributed by atoms with E-state index in [9.17, 15) is 31.5 Å². The van der Waals surface area contributed by atoms with Gasteiger partial charge in [0.25, 0.3) is 0 Å². The van der Waals surface area contributed by atoms with E-state index in [0.717, 1.165) is 0 Å². The van der Waals surface area contributed by atoms with Gasteiger partial charge in [0.05, 0.1) is 178 Å². The molecule has 0 saturated heterocycles. The summed E-state index contributed by atoms with van der Waals surface area (Å²) in [5.74, 6) is -14.2. The Balaban J connectivity index is 0.755. The van der Waals surface area contributed by atoms with E-state index in [4.69, 9.17) is 66.3 Å². The molecule has 1 N–H and O–H groups in total. The van der Waals surface area contributed by atoms with Crippen LogP contribution in [0.3, 0.4) is 0 Å². The minimum Gasteiger partial charge on any atom is -0.449 e. The van der Waals surface area contributed by atoms with E-state index in [2.05, 4.69) is 34.3 Å². The topological polar surface area (TPSA) is 185 Å². The van der Waals surface area contributed by atoms with Crippen LogP contribution in [0.4, 0.5) is 26.7 Å². The highest BCUT2D eigenvalue weighted by Crippen LogP contribution is 2.44. The summed E-state index contributed by atoms with van der Waals surface area (Å²) in [7, 11) is 0. The zero-order valence-electron chi connectivity index (χ0n) is 41.0. The van der Waals surface area contributed by atoms with Crippen LogP contribution in [0.2, 0.25) is 0 Å². The van der Waals surface area contributed by atoms with Gasteiger partial charge in [-0.05, 0) is 22.3 Å². The van der Waals surface area contributed by atoms with Crippen LogP contribution in [0.1, 0.15) is 23.5 Å². The number of rotatable bonds is 45. The van der Waals surface area contributed by atoms with Crippen molar-refractivity contribution in [3.63, 3.8) is 0 Å². The first-order valence-electron chi connectivity index (χ1n) is 24.1. The molecule has 3 aromatic carbocycles. The SMILES string of the molecule is O=C(CCOCCOCCOCCOCCOCCOCCOCCOCCOCCOCCOCCOCCOCCNC(=O)OCC1c2ccccc2-c2ccccc21)Oc1c(F)c(F)c(F)c(F)c1F. The Bertz CT molecular complexity index is 1900. The highest BCUT2D eigenvalue weighted by Gasteiger charge is 2.30. The molecule has 0 bridgehead atoms. The Hall–Kier alpha value is -4.47. The van der Waals surface area contributed by atoms with Gasteiger partial charge >= 0.3 is 12.1 Å². The molecule has 3 aromatic rings. The second-order valence-electron chi connectivity index (χ2n) is 15.3. The zero-order valence-corrected chi connectivity index (χ0v) is 41.0. The molecule has 0 radical (unpaired) electrons. The Morgan fingerprint density at radius 1 is 0.384 bits per heavy atom. The third kappa shape index (κ3) is 25.1. The van der Waals surface area contributed by atoms with Gasteiger partial charge in [0, 0.05) is 12.5 Å². The average Bonchev–Trinajstić information content (AvgIpc) is 3.72. The van der Waals surface area contributed by atoms with Crippen molar-refractivity contribution in [3.8, 4) is 16.9 Å². The molecule has 410 valence electrons. The molecule has 4 rings (SSSR count). The number of benzene rings is 3. The molecular formula is C50H68F5NO17. The first kappa shape index (κ1) is 61.1. The average molecular weight is 1050 g/mol. The molecule has 0 heterocycles. The van der Waals surface area contributed by atoms with Crippen LogP contribution in [-0.2, 0) is 71.1 Å². The van der Waals surface area contributed by atoms with Crippen LogP contribution in [0.15, 0.2) is 48.5 Å². The van der Waals surface area contributed by atoms with Gasteiger partial charge in [0.1, 0.15) is 6.61 Å². The third-order valence-corrected chi connectivity index (χ3v) is 10.2. The van der Waals surface area contributed by atoms with Gasteiger partial charge < -0.3 is 76.4 Å². The van der Waals surface area contributed by atoms with Crippen molar-refractivity contribution in [2.75, 3.05) is 185 Å². The van der Waals surface area contributed by atoms with Crippen LogP contribution in [0.25, 0.3) is 11.1 Å². The van der Waals surface area contributed by atoms with Gasteiger partial charge in [-0.3, -0.25) is 4.79 Å². The summed E-state index contributed by atoms with van der Waals surface area (Å²) >= 11 is 0. The van der Waals surface area contributed by atoms with Crippen molar-refractivity contribution in [1.82, 2.24) is 5.32 Å². The first-order valence-corrected chi connectivity index (χ1v) is 24.1. The monoisotopic (exact) mass is 1050 g/mol. The first-order chi connectivity index (χ1) is 35.8. The van der Waals surface area contributed by atoms with E-state index in [-0.39, 0.29) is 39.0 Å². The van der Waals surface area contributed by atoms with Gasteiger partial charge in [-0.1, -0.05) is 48.5 Å². The number of carbonyl (C=O) groups is 2. The summed E-state index contributed by atoms with van der Waals surface area (Å²) in [4.78, 5) is 24.0. The van der Waals surface area contributed by atoms with E-state index in [1.807, 2.05) is 24.3 Å². The summed E-state index contributed by atoms with van der Waals surface area (Å²) in [5.41, 5.74) is 4.71. The van der Waals surface area contributed by atoms with Crippen LogP contribution in [0.5, 0.6) is 5.75 Å². The van der Waals surface area contributed by atoms with E-state index in [1.54, 1.807) is 0 Å². The predicted octanol–water partition coefficient (Wildman–Crippen LogP) is 5.43. The quantitative estimate of drug-likeness (QED) is 0.0189. The molecule has 0 spiro atoms. The van der Waals surface area contributed by atoms with Crippen molar-refractivity contribution in [2.45, 2.75) is 12.3 Å². The molecule has 73 heavy (non-hydrogen) atoms. The van der Waals surface area contributed by atoms with Crippen LogP contribution < -0.4 is 10.1 Å². The van der Waals surface area contributed by atoms with Crippen LogP contribution in [-0.4, -0.2) is 197 Å². The Morgan fingerprint density at radius 2 is 0.671 bits per heavy atom. The number of halogens is 5. The molecule has 1 amide bonds. The molecule has 0 fully saturated rings. The lowest BCUT2D eigenvalue weighted by molar-refractivity contribution is -0.136. The second kappa shape index (κ2) is 39.0. The summed E-state index contributed by atoms with van der Waals surface area (Å²) < 4.78 is 147. The zero-order chi connectivity index (χ0) is 52.0. The van der Waals surface area contributed by atoms with Crippen molar-refractivity contribution < 1.29 is 103 Å². The predicted molar refractivity (Wildman–Crippen MR) is 250 cm³/mol. The fourth-order valence-corrected chi connectivity index (χ4v) is 6.61. The van der Waals surface area contributed by atoms with Gasteiger partial charge in [0.2, 0.25) is 34.8 Å². The number of ether oxygens (including phenoxy) is 15. The van der Waals surface area contributed by atoms with Crippen molar-refractivity contribution in [1.29, 1.82) is 0 Å². The summed E-state index contributed by atoms with van der Waals surface area (Å²) in [6, 6.07) is 16.4. The summed E-state index contributed by atoms with van der Waals surface area (Å²) in [6.45, 7) is 9.95. The lowest BCUT2D eigenvalue weighted by Gasteiger charge is -2.14. The highest BCUT2D eigenvalue weighted by atomic mass is 19.2. The number of hydrogen-bond donors (Lipinski definition) is 1. The van der Waals surface area contributed by atoms with Gasteiger partial charge in [-0.25, -0.2) is 18.0 Å². The Kier molecular flexibility index (Phi) is 32.6. The van der Waals surface area contributed by atoms with Gasteiger partial charge in [0.15, 0.2) is 0 Å². The number of amides is 1. The number of hydrogen-bond acceptors (Lipinski definition) is 17. The second-order valence-corrected chi connectivity index (χ2v) is 15.3. The smallest absolute Gasteiger partial charge is 0.407 e. The lowest BCUT2D eigenvalue weighted by atomic mass is 9.98. The fraction of sp³-hybridized carbons (Fsp3) is 0.600. The highest BCUT2D eigenvalue weighted by molar-refractivity contribution is 5.79. The molecule has 0 atom stereocenters. The molecule has 1 aliphatic rings. The molecule has 0 aliphatic heterocycles. The van der Waals surface area contributed by atoms with E-state index < -0.39 is 53.3 Å². The summed E-state index contributed by atoms with van der Waals surface area (Å²) in [5, 5.41) is 2.73. The third-order valence-electron chi connectivity index (χ3n) is 10.2. The maximum atomic E-state index is 13.6. The van der Waals surface area contributed by atoms with E-state index in [0.29, 0.717) is 152 Å². The normalized spacial score (nSPS) is 12.1. The molecule has 0 aromatic heterocycles. The number of fused-ring (bicyclic) bond motifs is 3. The maximum Gasteiger partial charge on any atom is 0.407 e. The van der Waals surface area contributed by atoms with Gasteiger partial charge in [-0.15, -0.1) is 0 Å². The number of esters is 1. The Labute approximate surface area is 422 Å². The summed E-state index contributed by atoms with van der Waals surface area (Å²) in [6.07, 6.45) is -0.965. The van der Waals surface area contributed by atoms with Crippen molar-refractivity contribution >= 4 is 12.1 Å². The number of carbonyl (C=O) groups excluding carboxylic acids is 2.